The summed E-state index contributed by atoms with van der Waals surface area (Å²) in [5, 5.41) is 9.14. The molecule has 9 heteroatoms. The number of rotatable bonds is 7. The molecule has 34 heavy (non-hydrogen) atoms. The Kier molecular flexibility index (Phi) is 7.34. The molecule has 0 radical (unpaired) electrons. The van der Waals surface area contributed by atoms with Crippen LogP contribution in [-0.4, -0.2) is 48.0 Å². The number of hydrogen-bond acceptors (Lipinski definition) is 7. The number of nitrogens with two attached hydrogens (primary N) is 1. The number of methoxy groups -OCH3 is 1. The van der Waals surface area contributed by atoms with Gasteiger partial charge in [0.2, 0.25) is 0 Å². The maximum atomic E-state index is 12.8. The average molecular weight is 461 g/mol. The summed E-state index contributed by atoms with van der Waals surface area (Å²) in [6, 6.07) is 14.6. The lowest BCUT2D eigenvalue weighted by Gasteiger charge is -2.23. The molecule has 1 saturated heterocycles. The number of hydrogen-bond donors (Lipinski definition) is 4. The Bertz CT molecular complexity index is 1180. The molecule has 1 fully saturated rings. The summed E-state index contributed by atoms with van der Waals surface area (Å²) < 4.78 is 5.22. The van der Waals surface area contributed by atoms with Crippen LogP contribution in [-0.2, 0) is 6.54 Å². The summed E-state index contributed by atoms with van der Waals surface area (Å²) in [6.07, 6.45) is 3.40. The Morgan fingerprint density at radius 1 is 1.18 bits per heavy atom. The molecule has 1 aromatic heterocycles. The molecule has 3 aromatic rings. The smallest absolute Gasteiger partial charge is 0.274 e. The van der Waals surface area contributed by atoms with E-state index in [0.717, 1.165) is 30.7 Å². The largest absolute Gasteiger partial charge is 0.497 e. The van der Waals surface area contributed by atoms with Crippen molar-refractivity contribution in [2.24, 2.45) is 0 Å². The summed E-state index contributed by atoms with van der Waals surface area (Å²) in [4.78, 5) is 34.1. The van der Waals surface area contributed by atoms with Crippen LogP contribution in [0, 0.1) is 0 Å². The molecule has 4 rings (SSSR count). The molecule has 2 aromatic carbocycles. The molecule has 2 amide bonds. The number of piperidine rings is 1. The molecule has 5 N–H and O–H groups in total. The first-order valence-corrected chi connectivity index (χ1v) is 11.2. The number of nitrogens with one attached hydrogen (secondary N) is 3. The standard InChI is InChI=1S/C25H28N6O3/c1-34-20-9-2-5-16(11-20)13-29-24(32)18-7-3-6-17(12-18)21-15-28-23(26)22(31-21)25(33)30-19-8-4-10-27-14-19/h2-3,5-7,9,11-12,15,19,27H,4,8,10,13-14H2,1H3,(H2,26,28)(H,29,32)(H,30,33)/t19-/m0/s1. The molecule has 0 unspecified atom stereocenters. The number of ether oxygens (including phenoxy) is 1. The van der Waals surface area contributed by atoms with Gasteiger partial charge in [-0.25, -0.2) is 9.97 Å². The lowest BCUT2D eigenvalue weighted by molar-refractivity contribution is 0.0923. The second-order valence-corrected chi connectivity index (χ2v) is 8.12. The van der Waals surface area contributed by atoms with E-state index >= 15 is 0 Å². The highest BCUT2D eigenvalue weighted by molar-refractivity contribution is 5.97. The summed E-state index contributed by atoms with van der Waals surface area (Å²) in [5.41, 5.74) is 8.55. The summed E-state index contributed by atoms with van der Waals surface area (Å²) in [7, 11) is 1.60. The first kappa shape index (κ1) is 23.2. The minimum Gasteiger partial charge on any atom is -0.497 e. The number of aromatic nitrogens is 2. The van der Waals surface area contributed by atoms with E-state index in [2.05, 4.69) is 25.9 Å². The molecule has 0 saturated carbocycles. The van der Waals surface area contributed by atoms with Crippen molar-refractivity contribution in [1.29, 1.82) is 0 Å². The van der Waals surface area contributed by atoms with Crippen LogP contribution in [0.2, 0.25) is 0 Å². The number of benzene rings is 2. The molecule has 0 aliphatic carbocycles. The highest BCUT2D eigenvalue weighted by atomic mass is 16.5. The quantitative estimate of drug-likeness (QED) is 0.425. The van der Waals surface area contributed by atoms with Crippen molar-refractivity contribution in [2.75, 3.05) is 25.9 Å². The Morgan fingerprint density at radius 2 is 2.03 bits per heavy atom. The van der Waals surface area contributed by atoms with Crippen LogP contribution >= 0.6 is 0 Å². The number of carbonyl (C=O) groups excluding carboxylic acids is 2. The van der Waals surface area contributed by atoms with Gasteiger partial charge in [-0.15, -0.1) is 0 Å². The number of anilines is 1. The third kappa shape index (κ3) is 5.68. The molecule has 9 nitrogen and oxygen atoms in total. The zero-order valence-electron chi connectivity index (χ0n) is 19.0. The van der Waals surface area contributed by atoms with Crippen molar-refractivity contribution in [3.8, 4) is 17.0 Å². The van der Waals surface area contributed by atoms with E-state index in [1.165, 1.54) is 6.20 Å². The molecule has 176 valence electrons. The highest BCUT2D eigenvalue weighted by Gasteiger charge is 2.20. The fourth-order valence-corrected chi connectivity index (χ4v) is 3.82. The molecule has 0 bridgehead atoms. The van der Waals surface area contributed by atoms with Crippen molar-refractivity contribution in [3.63, 3.8) is 0 Å². The van der Waals surface area contributed by atoms with Gasteiger partial charge in [0, 0.05) is 30.3 Å². The third-order valence-electron chi connectivity index (χ3n) is 5.66. The van der Waals surface area contributed by atoms with Crippen LogP contribution in [0.25, 0.3) is 11.3 Å². The van der Waals surface area contributed by atoms with Gasteiger partial charge in [0.05, 0.1) is 19.0 Å². The van der Waals surface area contributed by atoms with Gasteiger partial charge >= 0.3 is 0 Å². The van der Waals surface area contributed by atoms with Crippen molar-refractivity contribution >= 4 is 17.6 Å². The van der Waals surface area contributed by atoms with E-state index in [4.69, 9.17) is 10.5 Å². The minimum atomic E-state index is -0.354. The van der Waals surface area contributed by atoms with Crippen LogP contribution < -0.4 is 26.4 Å². The summed E-state index contributed by atoms with van der Waals surface area (Å²) >= 11 is 0. The first-order valence-electron chi connectivity index (χ1n) is 11.2. The maximum Gasteiger partial charge on any atom is 0.274 e. The molecular formula is C25H28N6O3. The van der Waals surface area contributed by atoms with Gasteiger partial charge in [-0.05, 0) is 49.2 Å². The average Bonchev–Trinajstić information content (AvgIpc) is 2.88. The predicted molar refractivity (Wildman–Crippen MR) is 129 cm³/mol. The van der Waals surface area contributed by atoms with Crippen molar-refractivity contribution in [2.45, 2.75) is 25.4 Å². The Hall–Kier alpha value is -3.98. The van der Waals surface area contributed by atoms with Gasteiger partial charge in [-0.1, -0.05) is 24.3 Å². The van der Waals surface area contributed by atoms with Crippen LogP contribution in [0.15, 0.2) is 54.7 Å². The van der Waals surface area contributed by atoms with Crippen LogP contribution in [0.4, 0.5) is 5.82 Å². The topological polar surface area (TPSA) is 131 Å². The Labute approximate surface area is 198 Å². The monoisotopic (exact) mass is 460 g/mol. The van der Waals surface area contributed by atoms with Gasteiger partial charge in [0.1, 0.15) is 5.75 Å². The predicted octanol–water partition coefficient (Wildman–Crippen LogP) is 2.15. The fraction of sp³-hybridized carbons (Fsp3) is 0.280. The van der Waals surface area contributed by atoms with Gasteiger partial charge in [-0.2, -0.15) is 0 Å². The van der Waals surface area contributed by atoms with Crippen molar-refractivity contribution in [1.82, 2.24) is 25.9 Å². The summed E-state index contributed by atoms with van der Waals surface area (Å²) in [6.45, 7) is 2.03. The number of amides is 2. The second kappa shape index (κ2) is 10.8. The minimum absolute atomic E-state index is 0.0303. The van der Waals surface area contributed by atoms with Crippen molar-refractivity contribution in [3.05, 3.63) is 71.5 Å². The van der Waals surface area contributed by atoms with E-state index in [0.29, 0.717) is 29.9 Å². The number of nitrogen functional groups attached to an aromatic ring is 1. The van der Waals surface area contributed by atoms with Gasteiger partial charge < -0.3 is 26.4 Å². The van der Waals surface area contributed by atoms with E-state index in [-0.39, 0.29) is 29.4 Å². The van der Waals surface area contributed by atoms with E-state index < -0.39 is 0 Å². The van der Waals surface area contributed by atoms with E-state index in [1.807, 2.05) is 30.3 Å². The zero-order chi connectivity index (χ0) is 23.9. The van der Waals surface area contributed by atoms with Crippen LogP contribution in [0.5, 0.6) is 5.75 Å². The van der Waals surface area contributed by atoms with E-state index in [9.17, 15) is 9.59 Å². The van der Waals surface area contributed by atoms with Crippen molar-refractivity contribution < 1.29 is 14.3 Å². The molecule has 0 spiro atoms. The number of carbonyl (C=O) groups is 2. The Balaban J connectivity index is 1.47. The lowest BCUT2D eigenvalue weighted by atomic mass is 10.1. The van der Waals surface area contributed by atoms with Gasteiger partial charge in [-0.3, -0.25) is 9.59 Å². The van der Waals surface area contributed by atoms with E-state index in [1.54, 1.807) is 25.3 Å². The van der Waals surface area contributed by atoms with Crippen LogP contribution in [0.3, 0.4) is 0 Å². The molecular weight excluding hydrogens is 432 g/mol. The second-order valence-electron chi connectivity index (χ2n) is 8.12. The third-order valence-corrected chi connectivity index (χ3v) is 5.66. The maximum absolute atomic E-state index is 12.8. The SMILES string of the molecule is COc1cccc(CNC(=O)c2cccc(-c3cnc(N)c(C(=O)N[C@H]4CCCNC4)n3)c2)c1. The van der Waals surface area contributed by atoms with Crippen LogP contribution in [0.1, 0.15) is 39.3 Å². The fourth-order valence-electron chi connectivity index (χ4n) is 3.82. The number of nitrogens with zero attached hydrogens (tertiary/aromatic N) is 2. The van der Waals surface area contributed by atoms with Gasteiger partial charge in [0.15, 0.2) is 11.5 Å². The molecule has 1 aliphatic heterocycles. The Morgan fingerprint density at radius 3 is 2.82 bits per heavy atom. The normalized spacial score (nSPS) is 15.4. The molecule has 1 atom stereocenters. The lowest BCUT2D eigenvalue weighted by Crippen LogP contribution is -2.46. The zero-order valence-corrected chi connectivity index (χ0v) is 19.0. The highest BCUT2D eigenvalue weighted by Crippen LogP contribution is 2.20. The first-order chi connectivity index (χ1) is 16.5. The summed E-state index contributed by atoms with van der Waals surface area (Å²) in [5.74, 6) is 0.219. The molecule has 2 heterocycles. The molecule has 1 aliphatic rings. The van der Waals surface area contributed by atoms with Gasteiger partial charge in [0.25, 0.3) is 11.8 Å².